The van der Waals surface area contributed by atoms with Crippen LogP contribution in [0, 0.1) is 0 Å². The van der Waals surface area contributed by atoms with Crippen molar-refractivity contribution in [2.45, 2.75) is 25.7 Å². The van der Waals surface area contributed by atoms with Crippen LogP contribution in [-0.4, -0.2) is 31.9 Å². The highest BCUT2D eigenvalue weighted by atomic mass is 16.5. The SMILES string of the molecule is CCCOc1cc(CC(C(=O)O)c2cccc(OC)c2)ccc1OC. The van der Waals surface area contributed by atoms with Gasteiger partial charge in [0.05, 0.1) is 26.7 Å². The third-order valence-corrected chi connectivity index (χ3v) is 3.92. The summed E-state index contributed by atoms with van der Waals surface area (Å²) >= 11 is 0. The molecule has 0 spiro atoms. The normalized spacial score (nSPS) is 11.6. The van der Waals surface area contributed by atoms with Gasteiger partial charge in [-0.1, -0.05) is 25.1 Å². The maximum Gasteiger partial charge on any atom is 0.311 e. The Labute approximate surface area is 148 Å². The highest BCUT2D eigenvalue weighted by Crippen LogP contribution is 2.31. The number of hydrogen-bond donors (Lipinski definition) is 1. The Kier molecular flexibility index (Phi) is 6.69. The summed E-state index contributed by atoms with van der Waals surface area (Å²) in [4.78, 5) is 11.8. The molecule has 0 bridgehead atoms. The standard InChI is InChI=1S/C20H24O5/c1-4-10-25-19-12-14(8-9-18(19)24-3)11-17(20(21)22)15-6-5-7-16(13-15)23-2/h5-9,12-13,17H,4,10-11H2,1-3H3,(H,21,22). The minimum atomic E-state index is -0.875. The van der Waals surface area contributed by atoms with E-state index in [1.807, 2.05) is 25.1 Å². The van der Waals surface area contributed by atoms with Crippen LogP contribution in [0.1, 0.15) is 30.4 Å². The van der Waals surface area contributed by atoms with Crippen LogP contribution in [0.2, 0.25) is 0 Å². The quantitative estimate of drug-likeness (QED) is 0.747. The molecule has 1 N–H and O–H groups in total. The predicted octanol–water partition coefficient (Wildman–Crippen LogP) is 3.90. The zero-order valence-corrected chi connectivity index (χ0v) is 14.8. The highest BCUT2D eigenvalue weighted by molar-refractivity contribution is 5.76. The van der Waals surface area contributed by atoms with E-state index in [9.17, 15) is 9.90 Å². The Balaban J connectivity index is 2.28. The number of carbonyl (C=O) groups is 1. The molecule has 0 aromatic heterocycles. The number of carboxylic acids is 1. The molecule has 5 heteroatoms. The Morgan fingerprint density at radius 2 is 1.88 bits per heavy atom. The molecule has 0 radical (unpaired) electrons. The van der Waals surface area contributed by atoms with Crippen LogP contribution < -0.4 is 14.2 Å². The number of rotatable bonds is 9. The van der Waals surface area contributed by atoms with E-state index in [0.717, 1.165) is 12.0 Å². The molecule has 0 saturated heterocycles. The molecule has 1 unspecified atom stereocenters. The summed E-state index contributed by atoms with van der Waals surface area (Å²) < 4.78 is 16.2. The van der Waals surface area contributed by atoms with Crippen LogP contribution in [0.15, 0.2) is 42.5 Å². The summed E-state index contributed by atoms with van der Waals surface area (Å²) in [6.07, 6.45) is 1.24. The van der Waals surface area contributed by atoms with Crippen molar-refractivity contribution in [2.24, 2.45) is 0 Å². The molecule has 25 heavy (non-hydrogen) atoms. The molecule has 0 fully saturated rings. The first kappa shape index (κ1) is 18.6. The van der Waals surface area contributed by atoms with Crippen LogP contribution in [0.25, 0.3) is 0 Å². The Bertz CT molecular complexity index is 711. The van der Waals surface area contributed by atoms with Gasteiger partial charge in [-0.25, -0.2) is 0 Å². The molecule has 0 saturated carbocycles. The molecular weight excluding hydrogens is 320 g/mol. The first-order chi connectivity index (χ1) is 12.1. The number of aliphatic carboxylic acids is 1. The fourth-order valence-electron chi connectivity index (χ4n) is 2.61. The summed E-state index contributed by atoms with van der Waals surface area (Å²) in [5, 5.41) is 9.67. The van der Waals surface area contributed by atoms with Crippen LogP contribution in [0.5, 0.6) is 17.2 Å². The molecule has 1 atom stereocenters. The van der Waals surface area contributed by atoms with Crippen LogP contribution in [-0.2, 0) is 11.2 Å². The average molecular weight is 344 g/mol. The van der Waals surface area contributed by atoms with E-state index < -0.39 is 11.9 Å². The number of carboxylic acid groups (broad SMARTS) is 1. The van der Waals surface area contributed by atoms with Crippen molar-refractivity contribution in [3.63, 3.8) is 0 Å². The summed E-state index contributed by atoms with van der Waals surface area (Å²) in [7, 11) is 3.15. The second-order valence-corrected chi connectivity index (χ2v) is 5.71. The van der Waals surface area contributed by atoms with E-state index in [0.29, 0.717) is 35.8 Å². The van der Waals surface area contributed by atoms with Crippen molar-refractivity contribution in [3.05, 3.63) is 53.6 Å². The molecule has 134 valence electrons. The van der Waals surface area contributed by atoms with Gasteiger partial charge >= 0.3 is 5.97 Å². The van der Waals surface area contributed by atoms with Gasteiger partial charge in [-0.15, -0.1) is 0 Å². The lowest BCUT2D eigenvalue weighted by atomic mass is 9.92. The van der Waals surface area contributed by atoms with E-state index in [4.69, 9.17) is 14.2 Å². The van der Waals surface area contributed by atoms with Crippen LogP contribution in [0.4, 0.5) is 0 Å². The molecule has 0 aliphatic carbocycles. The molecule has 0 heterocycles. The maximum atomic E-state index is 11.8. The highest BCUT2D eigenvalue weighted by Gasteiger charge is 2.21. The minimum absolute atomic E-state index is 0.356. The Hall–Kier alpha value is -2.69. The van der Waals surface area contributed by atoms with E-state index in [2.05, 4.69) is 0 Å². The van der Waals surface area contributed by atoms with E-state index in [1.54, 1.807) is 38.5 Å². The van der Waals surface area contributed by atoms with Crippen molar-refractivity contribution in [2.75, 3.05) is 20.8 Å². The Morgan fingerprint density at radius 3 is 2.52 bits per heavy atom. The first-order valence-corrected chi connectivity index (χ1v) is 8.25. The zero-order valence-electron chi connectivity index (χ0n) is 14.8. The lowest BCUT2D eigenvalue weighted by molar-refractivity contribution is -0.138. The maximum absolute atomic E-state index is 11.8. The van der Waals surface area contributed by atoms with Gasteiger partial charge in [0, 0.05) is 0 Å². The van der Waals surface area contributed by atoms with Gasteiger partial charge in [0.1, 0.15) is 5.75 Å². The van der Waals surface area contributed by atoms with E-state index in [1.165, 1.54) is 0 Å². The molecule has 0 amide bonds. The van der Waals surface area contributed by atoms with Crippen LogP contribution in [0.3, 0.4) is 0 Å². The van der Waals surface area contributed by atoms with Crippen molar-refractivity contribution in [1.82, 2.24) is 0 Å². The summed E-state index contributed by atoms with van der Waals surface area (Å²) in [6.45, 7) is 2.61. The minimum Gasteiger partial charge on any atom is -0.497 e. The smallest absolute Gasteiger partial charge is 0.311 e. The van der Waals surface area contributed by atoms with Gasteiger partial charge in [-0.3, -0.25) is 4.79 Å². The van der Waals surface area contributed by atoms with E-state index >= 15 is 0 Å². The molecule has 2 rings (SSSR count). The van der Waals surface area contributed by atoms with Gasteiger partial charge in [0.25, 0.3) is 0 Å². The van der Waals surface area contributed by atoms with Crippen molar-refractivity contribution in [3.8, 4) is 17.2 Å². The summed E-state index contributed by atoms with van der Waals surface area (Å²) in [5.74, 6) is 0.384. The van der Waals surface area contributed by atoms with Gasteiger partial charge < -0.3 is 19.3 Å². The second-order valence-electron chi connectivity index (χ2n) is 5.71. The molecule has 0 aliphatic rings. The van der Waals surface area contributed by atoms with Gasteiger partial charge in [0.2, 0.25) is 0 Å². The van der Waals surface area contributed by atoms with Crippen LogP contribution >= 0.6 is 0 Å². The van der Waals surface area contributed by atoms with Gasteiger partial charge in [-0.2, -0.15) is 0 Å². The molecule has 2 aromatic rings. The summed E-state index contributed by atoms with van der Waals surface area (Å²) in [5.41, 5.74) is 1.58. The first-order valence-electron chi connectivity index (χ1n) is 8.25. The second kappa shape index (κ2) is 8.97. The van der Waals surface area contributed by atoms with Gasteiger partial charge in [0.15, 0.2) is 11.5 Å². The monoisotopic (exact) mass is 344 g/mol. The third-order valence-electron chi connectivity index (χ3n) is 3.92. The number of ether oxygens (including phenoxy) is 3. The zero-order chi connectivity index (χ0) is 18.2. The number of benzene rings is 2. The lowest BCUT2D eigenvalue weighted by Gasteiger charge is -2.16. The van der Waals surface area contributed by atoms with Crippen molar-refractivity contribution < 1.29 is 24.1 Å². The van der Waals surface area contributed by atoms with Crippen molar-refractivity contribution in [1.29, 1.82) is 0 Å². The average Bonchev–Trinajstić information content (AvgIpc) is 2.64. The molecular formula is C20H24O5. The fraction of sp³-hybridized carbons (Fsp3) is 0.350. The predicted molar refractivity (Wildman–Crippen MR) is 95.9 cm³/mol. The largest absolute Gasteiger partial charge is 0.497 e. The van der Waals surface area contributed by atoms with E-state index in [-0.39, 0.29) is 0 Å². The molecule has 2 aromatic carbocycles. The summed E-state index contributed by atoms with van der Waals surface area (Å²) in [6, 6.07) is 12.7. The van der Waals surface area contributed by atoms with Crippen molar-refractivity contribution >= 4 is 5.97 Å². The fourth-order valence-corrected chi connectivity index (χ4v) is 2.61. The lowest BCUT2D eigenvalue weighted by Crippen LogP contribution is -2.14. The molecule has 0 aliphatic heterocycles. The topological polar surface area (TPSA) is 65.0 Å². The van der Waals surface area contributed by atoms with Gasteiger partial charge in [-0.05, 0) is 48.2 Å². The number of hydrogen-bond acceptors (Lipinski definition) is 4. The molecule has 5 nitrogen and oxygen atoms in total. The Morgan fingerprint density at radius 1 is 1.08 bits per heavy atom. The third kappa shape index (κ3) is 4.89. The number of methoxy groups -OCH3 is 2.